The van der Waals surface area contributed by atoms with Crippen LogP contribution in [-0.4, -0.2) is 100 Å². The molecule has 0 spiro atoms. The van der Waals surface area contributed by atoms with Gasteiger partial charge in [0.2, 0.25) is 11.8 Å². The van der Waals surface area contributed by atoms with Crippen molar-refractivity contribution in [2.75, 3.05) is 26.1 Å². The Kier molecular flexibility index (Phi) is 19.3. The highest BCUT2D eigenvalue weighted by Gasteiger charge is 2.39. The standard InChI is InChI=1S/C43H66N6O9S/c1-10-27(6)38(47-40(53)34-13-11-12-18-48(34)9)42(54)49(24-57-37(51)19-25(2)3)35(26(4)5)22-36(58-29(8)50)41-46-33(23-59-41)39(52)45-32(20-28(7)43(55)56)21-30-14-16-31(44)17-15-30/h14-17,23,25-28,32,34-36,38H,10-13,18-22,24,44H2,1-9H3,(H,45,52)(H,47,53)(H,55,56). The van der Waals surface area contributed by atoms with Crippen LogP contribution in [0.25, 0.3) is 0 Å². The van der Waals surface area contributed by atoms with Crippen molar-refractivity contribution in [3.63, 3.8) is 0 Å². The summed E-state index contributed by atoms with van der Waals surface area (Å²) in [4.78, 5) is 87.5. The van der Waals surface area contributed by atoms with E-state index in [9.17, 15) is 33.9 Å². The Hall–Kier alpha value is -4.57. The van der Waals surface area contributed by atoms with Gasteiger partial charge in [0.15, 0.2) is 12.8 Å². The van der Waals surface area contributed by atoms with E-state index in [4.69, 9.17) is 15.2 Å². The number of carboxylic acid groups (broad SMARTS) is 1. The third-order valence-electron chi connectivity index (χ3n) is 10.9. The lowest BCUT2D eigenvalue weighted by molar-refractivity contribution is -0.161. The second kappa shape index (κ2) is 23.3. The predicted molar refractivity (Wildman–Crippen MR) is 226 cm³/mol. The van der Waals surface area contributed by atoms with Gasteiger partial charge in [-0.05, 0) is 74.7 Å². The van der Waals surface area contributed by atoms with Crippen LogP contribution >= 0.6 is 11.3 Å². The number of nitrogens with zero attached hydrogens (tertiary/aromatic N) is 3. The molecule has 0 radical (unpaired) electrons. The molecule has 1 saturated heterocycles. The van der Waals surface area contributed by atoms with Crippen LogP contribution in [0.4, 0.5) is 5.69 Å². The quantitative estimate of drug-likeness (QED) is 0.0650. The summed E-state index contributed by atoms with van der Waals surface area (Å²) in [6.45, 7) is 14.6. The average Bonchev–Trinajstić information content (AvgIpc) is 3.67. The van der Waals surface area contributed by atoms with Crippen molar-refractivity contribution in [3.05, 3.63) is 45.9 Å². The number of hydrogen-bond donors (Lipinski definition) is 4. The van der Waals surface area contributed by atoms with Gasteiger partial charge >= 0.3 is 17.9 Å². The van der Waals surface area contributed by atoms with E-state index < -0.39 is 59.9 Å². The fraction of sp³-hybridized carbons (Fsp3) is 0.651. The molecule has 1 aromatic carbocycles. The molecule has 16 heteroatoms. The van der Waals surface area contributed by atoms with Crippen LogP contribution < -0.4 is 16.4 Å². The lowest BCUT2D eigenvalue weighted by atomic mass is 9.92. The molecule has 3 amide bonds. The highest BCUT2D eigenvalue weighted by atomic mass is 32.1. The third kappa shape index (κ3) is 15.2. The number of nitrogens with one attached hydrogen (secondary N) is 2. The lowest BCUT2D eigenvalue weighted by Gasteiger charge is -2.39. The van der Waals surface area contributed by atoms with Crippen molar-refractivity contribution >= 4 is 52.7 Å². The van der Waals surface area contributed by atoms with E-state index in [-0.39, 0.29) is 61.4 Å². The molecule has 1 aromatic heterocycles. The molecule has 7 unspecified atom stereocenters. The first kappa shape index (κ1) is 48.8. The van der Waals surface area contributed by atoms with Crippen LogP contribution in [0.15, 0.2) is 29.6 Å². The highest BCUT2D eigenvalue weighted by molar-refractivity contribution is 7.09. The van der Waals surface area contributed by atoms with Crippen molar-refractivity contribution in [2.24, 2.45) is 23.7 Å². The maximum Gasteiger partial charge on any atom is 0.307 e. The number of rotatable bonds is 22. The molecule has 2 aromatic rings. The monoisotopic (exact) mass is 842 g/mol. The maximum atomic E-state index is 14.8. The van der Waals surface area contributed by atoms with E-state index in [2.05, 4.69) is 15.6 Å². The van der Waals surface area contributed by atoms with Crippen LogP contribution in [0, 0.1) is 23.7 Å². The number of nitrogen functional groups attached to an aromatic ring is 1. The third-order valence-corrected chi connectivity index (χ3v) is 11.8. The SMILES string of the molecule is CCC(C)C(NC(=O)C1CCCCN1C)C(=O)N(COC(=O)CC(C)C)C(CC(OC(C)=O)c1nc(C(=O)NC(Cc2ccc(N)cc2)CC(C)C(=O)O)cs1)C(C)C. The van der Waals surface area contributed by atoms with E-state index in [0.717, 1.165) is 36.3 Å². The number of amides is 3. The largest absolute Gasteiger partial charge is 0.481 e. The van der Waals surface area contributed by atoms with Crippen molar-refractivity contribution in [1.82, 2.24) is 25.4 Å². The van der Waals surface area contributed by atoms with E-state index in [1.165, 1.54) is 11.8 Å². The topological polar surface area (TPSA) is 211 Å². The van der Waals surface area contributed by atoms with Gasteiger partial charge in [0.1, 0.15) is 16.7 Å². The first-order valence-electron chi connectivity index (χ1n) is 20.8. The molecule has 0 bridgehead atoms. The molecule has 1 aliphatic heterocycles. The fourth-order valence-electron chi connectivity index (χ4n) is 7.21. The van der Waals surface area contributed by atoms with E-state index in [0.29, 0.717) is 30.0 Å². The van der Waals surface area contributed by atoms with Gasteiger partial charge in [-0.2, -0.15) is 0 Å². The zero-order valence-electron chi connectivity index (χ0n) is 36.2. The van der Waals surface area contributed by atoms with Gasteiger partial charge in [-0.3, -0.25) is 33.7 Å². The number of ether oxygens (including phenoxy) is 2. The molecule has 0 aliphatic carbocycles. The highest BCUT2D eigenvalue weighted by Crippen LogP contribution is 2.32. The van der Waals surface area contributed by atoms with Crippen LogP contribution in [-0.2, 0) is 39.9 Å². The molecule has 0 saturated carbocycles. The first-order chi connectivity index (χ1) is 27.8. The van der Waals surface area contributed by atoms with E-state index in [1.807, 2.05) is 65.6 Å². The summed E-state index contributed by atoms with van der Waals surface area (Å²) >= 11 is 1.11. The second-order valence-electron chi connectivity index (χ2n) is 16.7. The zero-order chi connectivity index (χ0) is 44.0. The summed E-state index contributed by atoms with van der Waals surface area (Å²) in [6, 6.07) is 4.59. The number of hydrogen-bond acceptors (Lipinski definition) is 12. The number of anilines is 1. The van der Waals surface area contributed by atoms with Gasteiger partial charge in [0.05, 0.1) is 12.0 Å². The maximum absolute atomic E-state index is 14.8. The lowest BCUT2D eigenvalue weighted by Crippen LogP contribution is -2.59. The van der Waals surface area contributed by atoms with Crippen LogP contribution in [0.2, 0.25) is 0 Å². The number of aliphatic carboxylic acids is 1. The van der Waals surface area contributed by atoms with Crippen molar-refractivity contribution < 1.29 is 43.3 Å². The van der Waals surface area contributed by atoms with E-state index in [1.54, 1.807) is 24.4 Å². The Morgan fingerprint density at radius 1 is 1.02 bits per heavy atom. The summed E-state index contributed by atoms with van der Waals surface area (Å²) in [5, 5.41) is 17.5. The average molecular weight is 843 g/mol. The molecule has 1 aliphatic rings. The van der Waals surface area contributed by atoms with Crippen molar-refractivity contribution in [3.8, 4) is 0 Å². The molecule has 5 N–H and O–H groups in total. The first-order valence-corrected chi connectivity index (χ1v) is 21.7. The minimum atomic E-state index is -1.00. The van der Waals surface area contributed by atoms with Crippen LogP contribution in [0.1, 0.15) is 127 Å². The molecule has 59 heavy (non-hydrogen) atoms. The number of carbonyl (C=O) groups excluding carboxylic acids is 5. The van der Waals surface area contributed by atoms with Gasteiger partial charge in [-0.25, -0.2) is 4.98 Å². The van der Waals surface area contributed by atoms with Crippen molar-refractivity contribution in [1.29, 1.82) is 0 Å². The van der Waals surface area contributed by atoms with Crippen molar-refractivity contribution in [2.45, 2.75) is 137 Å². The predicted octanol–water partition coefficient (Wildman–Crippen LogP) is 5.59. The Morgan fingerprint density at radius 3 is 2.27 bits per heavy atom. The Balaban J connectivity index is 1.96. The molecule has 3 rings (SSSR count). The molecule has 15 nitrogen and oxygen atoms in total. The summed E-state index contributed by atoms with van der Waals surface area (Å²) in [6.07, 6.45) is 2.86. The van der Waals surface area contributed by atoms with Gasteiger partial charge in [-0.15, -0.1) is 11.3 Å². The molecule has 7 atom stereocenters. The Morgan fingerprint density at radius 2 is 1.69 bits per heavy atom. The normalized spacial score (nSPS) is 17.6. The molecule has 2 heterocycles. The van der Waals surface area contributed by atoms with Gasteiger partial charge in [0.25, 0.3) is 5.91 Å². The van der Waals surface area contributed by atoms with Gasteiger partial charge < -0.3 is 35.8 Å². The summed E-state index contributed by atoms with van der Waals surface area (Å²) in [7, 11) is 1.90. The number of likely N-dealkylation sites (N-methyl/N-ethyl adjacent to an activating group) is 1. The summed E-state index contributed by atoms with van der Waals surface area (Å²) in [5.41, 5.74) is 7.34. The number of nitrogens with two attached hydrogens (primary N) is 1. The number of esters is 2. The number of aromatic nitrogens is 1. The van der Waals surface area contributed by atoms with Gasteiger partial charge in [0, 0.05) is 42.9 Å². The molecular formula is C43H66N6O9S. The fourth-order valence-corrected chi connectivity index (χ4v) is 8.05. The number of likely N-dealkylation sites (tertiary alicyclic amines) is 1. The molecule has 1 fully saturated rings. The minimum absolute atomic E-state index is 0.0189. The smallest absolute Gasteiger partial charge is 0.307 e. The number of thiazole rings is 1. The Bertz CT molecular complexity index is 1720. The van der Waals surface area contributed by atoms with Crippen LogP contribution in [0.5, 0.6) is 0 Å². The minimum Gasteiger partial charge on any atom is -0.481 e. The number of carboxylic acids is 1. The van der Waals surface area contributed by atoms with Crippen LogP contribution in [0.3, 0.4) is 0 Å². The summed E-state index contributed by atoms with van der Waals surface area (Å²) < 4.78 is 11.6. The number of piperidine rings is 1. The van der Waals surface area contributed by atoms with Gasteiger partial charge in [-0.1, -0.05) is 73.4 Å². The Labute approximate surface area is 353 Å². The second-order valence-corrected chi connectivity index (χ2v) is 17.6. The number of benzene rings is 1. The summed E-state index contributed by atoms with van der Waals surface area (Å²) in [5.74, 6) is -4.51. The molecule has 328 valence electrons. The van der Waals surface area contributed by atoms with E-state index >= 15 is 0 Å². The number of carbonyl (C=O) groups is 6. The zero-order valence-corrected chi connectivity index (χ0v) is 37.0. The molecular weight excluding hydrogens is 777 g/mol.